The average molecular weight is 190 g/mol. The molecule has 14 heavy (non-hydrogen) atoms. The molecule has 3 nitrogen and oxygen atoms in total. The minimum Gasteiger partial charge on any atom is -0.515 e. The third-order valence-corrected chi connectivity index (χ3v) is 2.33. The van der Waals surface area contributed by atoms with Crippen molar-refractivity contribution in [3.8, 4) is 0 Å². The van der Waals surface area contributed by atoms with E-state index in [1.807, 2.05) is 30.3 Å². The maximum absolute atomic E-state index is 11.1. The molecule has 1 atom stereocenters. The second-order valence-electron chi connectivity index (χ2n) is 3.15. The third kappa shape index (κ3) is 1.37. The number of hydrogen-bond donors (Lipinski definition) is 1. The molecule has 0 aliphatic carbocycles. The fourth-order valence-electron chi connectivity index (χ4n) is 1.58. The lowest BCUT2D eigenvalue weighted by molar-refractivity contribution is -0.135. The molecule has 1 heterocycles. The summed E-state index contributed by atoms with van der Waals surface area (Å²) in [5.41, 5.74) is 1.31. The van der Waals surface area contributed by atoms with Crippen molar-refractivity contribution < 1.29 is 14.6 Å². The van der Waals surface area contributed by atoms with Crippen LogP contribution in [0.3, 0.4) is 0 Å². The molecule has 1 unspecified atom stereocenters. The summed E-state index contributed by atoms with van der Waals surface area (Å²) >= 11 is 0. The van der Waals surface area contributed by atoms with Gasteiger partial charge in [0.05, 0.1) is 17.8 Å². The smallest absolute Gasteiger partial charge is 0.337 e. The molecule has 3 heteroatoms. The van der Waals surface area contributed by atoms with E-state index in [1.165, 1.54) is 0 Å². The van der Waals surface area contributed by atoms with Crippen LogP contribution in [0.15, 0.2) is 42.2 Å². The minimum atomic E-state index is -0.429. The van der Waals surface area contributed by atoms with Crippen molar-refractivity contribution >= 4 is 5.97 Å². The van der Waals surface area contributed by atoms with E-state index in [0.29, 0.717) is 12.2 Å². The van der Waals surface area contributed by atoms with E-state index in [0.717, 1.165) is 11.8 Å². The van der Waals surface area contributed by atoms with Crippen LogP contribution in [0.4, 0.5) is 0 Å². The zero-order chi connectivity index (χ0) is 9.97. The highest BCUT2D eigenvalue weighted by molar-refractivity contribution is 5.92. The van der Waals surface area contributed by atoms with Crippen LogP contribution >= 0.6 is 0 Å². The van der Waals surface area contributed by atoms with Gasteiger partial charge in [0, 0.05) is 0 Å². The fourth-order valence-corrected chi connectivity index (χ4v) is 1.58. The van der Waals surface area contributed by atoms with Crippen LogP contribution in [0.2, 0.25) is 0 Å². The molecule has 0 saturated carbocycles. The Morgan fingerprint density at radius 3 is 2.71 bits per heavy atom. The molecule has 72 valence electrons. The molecule has 1 saturated heterocycles. The van der Waals surface area contributed by atoms with Crippen molar-refractivity contribution in [2.45, 2.75) is 5.92 Å². The lowest BCUT2D eigenvalue weighted by Crippen LogP contribution is -2.01. The van der Waals surface area contributed by atoms with Crippen molar-refractivity contribution in [1.29, 1.82) is 0 Å². The van der Waals surface area contributed by atoms with E-state index < -0.39 is 5.97 Å². The fraction of sp³-hybridized carbons (Fsp3) is 0.182. The highest BCUT2D eigenvalue weighted by Gasteiger charge is 2.31. The first-order valence-electron chi connectivity index (χ1n) is 4.39. The van der Waals surface area contributed by atoms with Gasteiger partial charge in [-0.1, -0.05) is 30.3 Å². The van der Waals surface area contributed by atoms with Gasteiger partial charge in [0.25, 0.3) is 0 Å². The number of hydrogen-bond acceptors (Lipinski definition) is 3. The number of cyclic esters (lactones) is 1. The Labute approximate surface area is 81.6 Å². The SMILES string of the molecule is O=C1OCC(c2ccccc2)/C1=C\O. The second kappa shape index (κ2) is 3.54. The quantitative estimate of drug-likeness (QED) is 0.417. The summed E-state index contributed by atoms with van der Waals surface area (Å²) in [7, 11) is 0. The van der Waals surface area contributed by atoms with Crippen molar-refractivity contribution in [2.24, 2.45) is 0 Å². The van der Waals surface area contributed by atoms with Crippen LogP contribution in [-0.2, 0) is 9.53 Å². The first-order valence-corrected chi connectivity index (χ1v) is 4.39. The first-order chi connectivity index (χ1) is 6.83. The summed E-state index contributed by atoms with van der Waals surface area (Å²) in [6.45, 7) is 0.315. The van der Waals surface area contributed by atoms with Crippen molar-refractivity contribution in [1.82, 2.24) is 0 Å². The molecule has 0 aromatic heterocycles. The van der Waals surface area contributed by atoms with Gasteiger partial charge < -0.3 is 9.84 Å². The molecule has 0 radical (unpaired) electrons. The Bertz CT molecular complexity index is 367. The second-order valence-corrected chi connectivity index (χ2v) is 3.15. The molecule has 1 aromatic rings. The number of carbonyl (C=O) groups excluding carboxylic acids is 1. The zero-order valence-corrected chi connectivity index (χ0v) is 7.51. The number of rotatable bonds is 1. The van der Waals surface area contributed by atoms with E-state index in [4.69, 9.17) is 9.84 Å². The maximum atomic E-state index is 11.1. The van der Waals surface area contributed by atoms with E-state index in [2.05, 4.69) is 0 Å². The maximum Gasteiger partial charge on any atom is 0.337 e. The number of carbonyl (C=O) groups is 1. The van der Waals surface area contributed by atoms with Crippen LogP contribution in [0.25, 0.3) is 0 Å². The topological polar surface area (TPSA) is 46.5 Å². The highest BCUT2D eigenvalue weighted by Crippen LogP contribution is 2.30. The molecule has 1 N–H and O–H groups in total. The Kier molecular flexibility index (Phi) is 2.23. The van der Waals surface area contributed by atoms with Crippen LogP contribution in [0, 0.1) is 0 Å². The summed E-state index contributed by atoms with van der Waals surface area (Å²) in [5, 5.41) is 8.91. The van der Waals surface area contributed by atoms with Gasteiger partial charge in [-0.25, -0.2) is 4.79 Å². The average Bonchev–Trinajstić information content (AvgIpc) is 2.61. The first kappa shape index (κ1) is 8.81. The van der Waals surface area contributed by atoms with E-state index in [1.54, 1.807) is 0 Å². The normalized spacial score (nSPS) is 23.9. The molecule has 1 aliphatic heterocycles. The molecular weight excluding hydrogens is 180 g/mol. The lowest BCUT2D eigenvalue weighted by Gasteiger charge is -2.06. The molecule has 2 rings (SSSR count). The minimum absolute atomic E-state index is 0.131. The van der Waals surface area contributed by atoms with E-state index in [9.17, 15) is 4.79 Å². The number of esters is 1. The van der Waals surface area contributed by atoms with Gasteiger partial charge in [-0.2, -0.15) is 0 Å². The van der Waals surface area contributed by atoms with Gasteiger partial charge in [0.1, 0.15) is 6.61 Å². The Morgan fingerprint density at radius 1 is 1.36 bits per heavy atom. The van der Waals surface area contributed by atoms with Crippen molar-refractivity contribution in [2.75, 3.05) is 6.61 Å². The van der Waals surface area contributed by atoms with Gasteiger partial charge in [-0.3, -0.25) is 0 Å². The monoisotopic (exact) mass is 190 g/mol. The lowest BCUT2D eigenvalue weighted by atomic mass is 9.95. The summed E-state index contributed by atoms with van der Waals surface area (Å²) in [5.74, 6) is -0.560. The van der Waals surface area contributed by atoms with Gasteiger partial charge in [-0.15, -0.1) is 0 Å². The van der Waals surface area contributed by atoms with Crippen LogP contribution in [0.5, 0.6) is 0 Å². The zero-order valence-electron chi connectivity index (χ0n) is 7.51. The molecule has 1 aliphatic rings. The summed E-state index contributed by atoms with van der Waals surface area (Å²) in [6.07, 6.45) is 0.840. The summed E-state index contributed by atoms with van der Waals surface area (Å²) < 4.78 is 4.86. The number of aliphatic hydroxyl groups is 1. The van der Waals surface area contributed by atoms with Crippen LogP contribution in [-0.4, -0.2) is 17.7 Å². The molecule has 1 aromatic carbocycles. The highest BCUT2D eigenvalue weighted by atomic mass is 16.5. The van der Waals surface area contributed by atoms with Gasteiger partial charge >= 0.3 is 5.97 Å². The molecule has 0 spiro atoms. The van der Waals surface area contributed by atoms with Crippen molar-refractivity contribution in [3.05, 3.63) is 47.7 Å². The standard InChI is InChI=1S/C11H10O3/c12-6-9-10(7-14-11(9)13)8-4-2-1-3-5-8/h1-6,10,12H,7H2/b9-6+. The number of ether oxygens (including phenoxy) is 1. The molecule has 0 bridgehead atoms. The summed E-state index contributed by atoms with van der Waals surface area (Å²) in [4.78, 5) is 11.1. The molecule has 1 fully saturated rings. The van der Waals surface area contributed by atoms with Gasteiger partial charge in [-0.05, 0) is 5.56 Å². The third-order valence-electron chi connectivity index (χ3n) is 2.33. The van der Waals surface area contributed by atoms with Crippen molar-refractivity contribution in [3.63, 3.8) is 0 Å². The largest absolute Gasteiger partial charge is 0.515 e. The van der Waals surface area contributed by atoms with Crippen LogP contribution in [0.1, 0.15) is 11.5 Å². The van der Waals surface area contributed by atoms with Gasteiger partial charge in [0.2, 0.25) is 0 Å². The number of aliphatic hydroxyl groups excluding tert-OH is 1. The molecule has 0 amide bonds. The predicted molar refractivity (Wildman–Crippen MR) is 50.9 cm³/mol. The number of benzene rings is 1. The van der Waals surface area contributed by atoms with E-state index in [-0.39, 0.29) is 5.92 Å². The van der Waals surface area contributed by atoms with Gasteiger partial charge in [0.15, 0.2) is 0 Å². The van der Waals surface area contributed by atoms with E-state index >= 15 is 0 Å². The predicted octanol–water partition coefficient (Wildman–Crippen LogP) is 1.77. The Morgan fingerprint density at radius 2 is 2.07 bits per heavy atom. The summed E-state index contributed by atoms with van der Waals surface area (Å²) in [6, 6.07) is 9.52. The van der Waals surface area contributed by atoms with Crippen LogP contribution < -0.4 is 0 Å². The Hall–Kier alpha value is -1.77. The Balaban J connectivity index is 2.33. The molecular formula is C11H10O3.